The minimum absolute atomic E-state index is 0.0540. The molecule has 0 bridgehead atoms. The molecule has 0 aliphatic heterocycles. The summed E-state index contributed by atoms with van der Waals surface area (Å²) in [6, 6.07) is 1.52. The van der Waals surface area contributed by atoms with Gasteiger partial charge in [-0.2, -0.15) is 5.26 Å². The molecule has 16 heavy (non-hydrogen) atoms. The Kier molecular flexibility index (Phi) is 3.67. The molecule has 1 unspecified atom stereocenters. The molecule has 86 valence electrons. The molecule has 0 aliphatic rings. The van der Waals surface area contributed by atoms with Gasteiger partial charge >= 0.3 is 0 Å². The molecule has 1 rings (SSSR count). The number of nitrogens with one attached hydrogen (secondary N) is 1. The highest BCUT2D eigenvalue weighted by molar-refractivity contribution is 5.92. The van der Waals surface area contributed by atoms with E-state index in [4.69, 9.17) is 9.68 Å². The van der Waals surface area contributed by atoms with E-state index in [1.54, 1.807) is 13.8 Å². The number of hydrogen-bond donors (Lipinski definition) is 1. The molecule has 0 fully saturated rings. The van der Waals surface area contributed by atoms with Crippen LogP contribution in [-0.4, -0.2) is 16.9 Å². The van der Waals surface area contributed by atoms with Gasteiger partial charge in [-0.25, -0.2) is 4.98 Å². The second-order valence-electron chi connectivity index (χ2n) is 3.97. The highest BCUT2D eigenvalue weighted by Gasteiger charge is 2.21. The van der Waals surface area contributed by atoms with Gasteiger partial charge in [0.05, 0.1) is 11.8 Å². The summed E-state index contributed by atoms with van der Waals surface area (Å²) in [5.74, 6) is 0.288. The van der Waals surface area contributed by atoms with Gasteiger partial charge in [-0.1, -0.05) is 13.8 Å². The molecule has 0 saturated carbocycles. The summed E-state index contributed by atoms with van der Waals surface area (Å²) < 4.78 is 5.17. The Bertz CT molecular complexity index is 429. The average molecular weight is 221 g/mol. The van der Waals surface area contributed by atoms with Gasteiger partial charge in [-0.3, -0.25) is 4.79 Å². The SMILES string of the molecule is Cc1nc(C)c(C(=O)NC(C#N)C(C)C)o1. The van der Waals surface area contributed by atoms with Crippen molar-refractivity contribution in [3.63, 3.8) is 0 Å². The number of nitrogens with zero attached hydrogens (tertiary/aromatic N) is 2. The summed E-state index contributed by atoms with van der Waals surface area (Å²) in [5, 5.41) is 11.5. The number of aryl methyl sites for hydroxylation is 2. The molecule has 1 amide bonds. The molecule has 1 aromatic rings. The lowest BCUT2D eigenvalue weighted by atomic mass is 10.1. The highest BCUT2D eigenvalue weighted by Crippen LogP contribution is 2.10. The van der Waals surface area contributed by atoms with E-state index in [1.807, 2.05) is 19.9 Å². The van der Waals surface area contributed by atoms with Crippen molar-refractivity contribution in [1.29, 1.82) is 5.26 Å². The van der Waals surface area contributed by atoms with Crippen LogP contribution in [-0.2, 0) is 0 Å². The monoisotopic (exact) mass is 221 g/mol. The molecule has 1 heterocycles. The molecule has 5 nitrogen and oxygen atoms in total. The second-order valence-corrected chi connectivity index (χ2v) is 3.97. The molecule has 1 atom stereocenters. The van der Waals surface area contributed by atoms with Crippen LogP contribution in [0.2, 0.25) is 0 Å². The molecule has 0 aromatic carbocycles. The standard InChI is InChI=1S/C11H15N3O2/c1-6(2)9(5-12)14-11(15)10-7(3)13-8(4)16-10/h6,9H,1-4H3,(H,14,15). The molecule has 1 N–H and O–H groups in total. The third kappa shape index (κ3) is 2.60. The van der Waals surface area contributed by atoms with Gasteiger partial charge in [0.15, 0.2) is 5.89 Å². The van der Waals surface area contributed by atoms with E-state index < -0.39 is 11.9 Å². The number of carbonyl (C=O) groups excluding carboxylic acids is 1. The first kappa shape index (κ1) is 12.2. The van der Waals surface area contributed by atoms with E-state index in [9.17, 15) is 4.79 Å². The van der Waals surface area contributed by atoms with E-state index in [-0.39, 0.29) is 11.7 Å². The Labute approximate surface area is 94.5 Å². The van der Waals surface area contributed by atoms with Crippen molar-refractivity contribution in [2.24, 2.45) is 5.92 Å². The van der Waals surface area contributed by atoms with Gasteiger partial charge < -0.3 is 9.73 Å². The van der Waals surface area contributed by atoms with Gasteiger partial charge in [0.25, 0.3) is 5.91 Å². The maximum absolute atomic E-state index is 11.8. The minimum Gasteiger partial charge on any atom is -0.436 e. The highest BCUT2D eigenvalue weighted by atomic mass is 16.4. The molecule has 1 aromatic heterocycles. The zero-order valence-corrected chi connectivity index (χ0v) is 9.87. The maximum Gasteiger partial charge on any atom is 0.290 e. The zero-order valence-electron chi connectivity index (χ0n) is 9.87. The molecular weight excluding hydrogens is 206 g/mol. The van der Waals surface area contributed by atoms with Gasteiger partial charge in [-0.15, -0.1) is 0 Å². The van der Waals surface area contributed by atoms with Crippen LogP contribution >= 0.6 is 0 Å². The van der Waals surface area contributed by atoms with Crippen LogP contribution in [0.1, 0.15) is 36.0 Å². The fraction of sp³-hybridized carbons (Fsp3) is 0.545. The summed E-state index contributed by atoms with van der Waals surface area (Å²) in [4.78, 5) is 15.8. The Morgan fingerprint density at radius 1 is 1.50 bits per heavy atom. The predicted molar refractivity (Wildman–Crippen MR) is 57.7 cm³/mol. The average Bonchev–Trinajstić information content (AvgIpc) is 2.53. The fourth-order valence-corrected chi connectivity index (χ4v) is 1.30. The lowest BCUT2D eigenvalue weighted by molar-refractivity contribution is 0.0907. The Balaban J connectivity index is 2.80. The first-order chi connectivity index (χ1) is 7.45. The number of nitriles is 1. The first-order valence-electron chi connectivity index (χ1n) is 5.10. The van der Waals surface area contributed by atoms with Crippen LogP contribution in [0.15, 0.2) is 4.42 Å². The fourth-order valence-electron chi connectivity index (χ4n) is 1.30. The molecule has 0 aliphatic carbocycles. The van der Waals surface area contributed by atoms with Crippen LogP contribution in [0, 0.1) is 31.1 Å². The molecule has 0 spiro atoms. The van der Waals surface area contributed by atoms with Crippen molar-refractivity contribution in [1.82, 2.24) is 10.3 Å². The lowest BCUT2D eigenvalue weighted by Crippen LogP contribution is -2.37. The quantitative estimate of drug-likeness (QED) is 0.840. The molecule has 0 radical (unpaired) electrons. The summed E-state index contributed by atoms with van der Waals surface area (Å²) in [6.45, 7) is 7.11. The number of rotatable bonds is 3. The van der Waals surface area contributed by atoms with Gasteiger partial charge in [-0.05, 0) is 12.8 Å². The third-order valence-corrected chi connectivity index (χ3v) is 2.20. The van der Waals surface area contributed by atoms with Crippen LogP contribution in [0.4, 0.5) is 0 Å². The predicted octanol–water partition coefficient (Wildman–Crippen LogP) is 1.57. The summed E-state index contributed by atoms with van der Waals surface area (Å²) >= 11 is 0. The minimum atomic E-state index is -0.516. The van der Waals surface area contributed by atoms with E-state index in [2.05, 4.69) is 10.3 Å². The first-order valence-corrected chi connectivity index (χ1v) is 5.10. The van der Waals surface area contributed by atoms with E-state index in [0.29, 0.717) is 11.6 Å². The topological polar surface area (TPSA) is 78.9 Å². The van der Waals surface area contributed by atoms with Crippen LogP contribution in [0.3, 0.4) is 0 Å². The number of oxazole rings is 1. The smallest absolute Gasteiger partial charge is 0.290 e. The largest absolute Gasteiger partial charge is 0.436 e. The van der Waals surface area contributed by atoms with Crippen molar-refractivity contribution in [2.75, 3.05) is 0 Å². The Morgan fingerprint density at radius 2 is 2.12 bits per heavy atom. The van der Waals surface area contributed by atoms with Gasteiger partial charge in [0.1, 0.15) is 6.04 Å². The van der Waals surface area contributed by atoms with E-state index in [1.165, 1.54) is 0 Å². The van der Waals surface area contributed by atoms with E-state index >= 15 is 0 Å². The number of amides is 1. The number of aromatic nitrogens is 1. The number of hydrogen-bond acceptors (Lipinski definition) is 4. The van der Waals surface area contributed by atoms with E-state index in [0.717, 1.165) is 0 Å². The Hall–Kier alpha value is -1.83. The van der Waals surface area contributed by atoms with Crippen LogP contribution < -0.4 is 5.32 Å². The molecule has 5 heteroatoms. The van der Waals surface area contributed by atoms with Crippen LogP contribution in [0.25, 0.3) is 0 Å². The second kappa shape index (κ2) is 4.79. The normalized spacial score (nSPS) is 12.2. The summed E-state index contributed by atoms with van der Waals surface area (Å²) in [6.07, 6.45) is 0. The summed E-state index contributed by atoms with van der Waals surface area (Å²) in [5.41, 5.74) is 0.537. The van der Waals surface area contributed by atoms with Crippen molar-refractivity contribution >= 4 is 5.91 Å². The van der Waals surface area contributed by atoms with Crippen molar-refractivity contribution in [2.45, 2.75) is 33.7 Å². The lowest BCUT2D eigenvalue weighted by Gasteiger charge is -2.13. The van der Waals surface area contributed by atoms with Crippen molar-refractivity contribution < 1.29 is 9.21 Å². The zero-order chi connectivity index (χ0) is 12.3. The third-order valence-electron chi connectivity index (χ3n) is 2.20. The van der Waals surface area contributed by atoms with Crippen molar-refractivity contribution in [3.8, 4) is 6.07 Å². The van der Waals surface area contributed by atoms with Gasteiger partial charge in [0, 0.05) is 6.92 Å². The Morgan fingerprint density at radius 3 is 2.50 bits per heavy atom. The van der Waals surface area contributed by atoms with Crippen molar-refractivity contribution in [3.05, 3.63) is 17.3 Å². The van der Waals surface area contributed by atoms with Crippen LogP contribution in [0.5, 0.6) is 0 Å². The maximum atomic E-state index is 11.8. The molecular formula is C11H15N3O2. The molecule has 0 saturated heterocycles. The van der Waals surface area contributed by atoms with Gasteiger partial charge in [0.2, 0.25) is 5.76 Å². The summed E-state index contributed by atoms with van der Waals surface area (Å²) in [7, 11) is 0. The number of carbonyl (C=O) groups is 1.